The van der Waals surface area contributed by atoms with Crippen molar-refractivity contribution in [1.82, 2.24) is 4.31 Å². The largest absolute Gasteiger partial charge is 0.468 e. The zero-order valence-corrected chi connectivity index (χ0v) is 13.0. The first kappa shape index (κ1) is 17.5. The molecule has 0 atom stereocenters. The number of nitrogens with zero attached hydrogens (tertiary/aromatic N) is 1. The minimum Gasteiger partial charge on any atom is -0.468 e. The molecule has 0 saturated carbocycles. The number of halogens is 1. The molecule has 6 nitrogen and oxygen atoms in total. The van der Waals surface area contributed by atoms with Crippen LogP contribution in [-0.2, 0) is 19.6 Å². The lowest BCUT2D eigenvalue weighted by Crippen LogP contribution is -2.32. The molecule has 1 aromatic rings. The first-order valence-electron chi connectivity index (χ1n) is 5.75. The quantitative estimate of drug-likeness (QED) is 0.641. The molecule has 0 fully saturated rings. The van der Waals surface area contributed by atoms with Gasteiger partial charge in [0.2, 0.25) is 10.0 Å². The number of rotatable bonds is 4. The summed E-state index contributed by atoms with van der Waals surface area (Å²) in [4.78, 5) is 11.0. The first-order chi connectivity index (χ1) is 9.82. The molecule has 1 N–H and O–H groups in total. The summed E-state index contributed by atoms with van der Waals surface area (Å²) in [7, 11) is -1.49. The first-order valence-corrected chi connectivity index (χ1v) is 7.57. The van der Waals surface area contributed by atoms with Crippen LogP contribution in [0, 0.1) is 11.8 Å². The van der Waals surface area contributed by atoms with Gasteiger partial charge in [-0.05, 0) is 18.2 Å². The van der Waals surface area contributed by atoms with Crippen LogP contribution in [0.15, 0.2) is 23.1 Å². The van der Waals surface area contributed by atoms with Crippen LogP contribution < -0.4 is 0 Å². The van der Waals surface area contributed by atoms with Crippen LogP contribution in [0.1, 0.15) is 5.56 Å². The van der Waals surface area contributed by atoms with E-state index >= 15 is 0 Å². The highest BCUT2D eigenvalue weighted by atomic mass is 35.5. The maximum atomic E-state index is 12.3. The number of aliphatic hydroxyl groups excluding tert-OH is 1. The zero-order chi connectivity index (χ0) is 16.0. The molecular formula is C13H14ClNO5S. The van der Waals surface area contributed by atoms with Gasteiger partial charge in [0.1, 0.15) is 18.0 Å². The molecule has 8 heteroatoms. The molecule has 0 spiro atoms. The SMILES string of the molecule is COC(=O)CN(C)S(=O)(=O)c1ccc(C#CCO)cc1Cl. The Labute approximate surface area is 128 Å². The van der Waals surface area contributed by atoms with E-state index < -0.39 is 22.5 Å². The van der Waals surface area contributed by atoms with Gasteiger partial charge < -0.3 is 9.84 Å². The molecule has 0 saturated heterocycles. The van der Waals surface area contributed by atoms with Gasteiger partial charge in [0.25, 0.3) is 0 Å². The van der Waals surface area contributed by atoms with Crippen LogP contribution in [0.3, 0.4) is 0 Å². The third-order valence-corrected chi connectivity index (χ3v) is 4.80. The molecule has 21 heavy (non-hydrogen) atoms. The van der Waals surface area contributed by atoms with Gasteiger partial charge in [0.05, 0.1) is 12.1 Å². The van der Waals surface area contributed by atoms with Gasteiger partial charge in [-0.2, -0.15) is 4.31 Å². The van der Waals surface area contributed by atoms with E-state index in [4.69, 9.17) is 16.7 Å². The molecule has 0 radical (unpaired) electrons. The van der Waals surface area contributed by atoms with Gasteiger partial charge in [0, 0.05) is 12.6 Å². The van der Waals surface area contributed by atoms with Crippen molar-refractivity contribution in [2.24, 2.45) is 0 Å². The maximum absolute atomic E-state index is 12.3. The van der Waals surface area contributed by atoms with Gasteiger partial charge in [-0.1, -0.05) is 23.4 Å². The Bertz CT molecular complexity index is 690. The van der Waals surface area contributed by atoms with E-state index in [1.165, 1.54) is 32.4 Å². The molecule has 1 aromatic carbocycles. The van der Waals surface area contributed by atoms with Crippen molar-refractivity contribution in [1.29, 1.82) is 0 Å². The number of aliphatic hydroxyl groups is 1. The van der Waals surface area contributed by atoms with Crippen LogP contribution in [0.4, 0.5) is 0 Å². The van der Waals surface area contributed by atoms with Crippen molar-refractivity contribution < 1.29 is 23.1 Å². The summed E-state index contributed by atoms with van der Waals surface area (Å²) >= 11 is 5.96. The molecule has 0 aliphatic rings. The number of sulfonamides is 1. The van der Waals surface area contributed by atoms with Crippen LogP contribution in [-0.4, -0.2) is 51.1 Å². The zero-order valence-electron chi connectivity index (χ0n) is 11.5. The molecule has 0 bridgehead atoms. The van der Waals surface area contributed by atoms with Crippen LogP contribution >= 0.6 is 11.6 Å². The van der Waals surface area contributed by atoms with Crippen LogP contribution in [0.25, 0.3) is 0 Å². The fourth-order valence-electron chi connectivity index (χ4n) is 1.43. The van der Waals surface area contributed by atoms with E-state index in [1.807, 2.05) is 0 Å². The van der Waals surface area contributed by atoms with Gasteiger partial charge in [-0.15, -0.1) is 0 Å². The van der Waals surface area contributed by atoms with E-state index in [2.05, 4.69) is 16.6 Å². The summed E-state index contributed by atoms with van der Waals surface area (Å²) in [5.74, 6) is 4.37. The number of carbonyl (C=O) groups is 1. The number of likely N-dealkylation sites (N-methyl/N-ethyl adjacent to an activating group) is 1. The fraction of sp³-hybridized carbons (Fsp3) is 0.308. The lowest BCUT2D eigenvalue weighted by molar-refractivity contribution is -0.140. The molecule has 0 amide bonds. The van der Waals surface area contributed by atoms with Crippen LogP contribution in [0.2, 0.25) is 5.02 Å². The molecule has 0 aliphatic heterocycles. The number of esters is 1. The fourth-order valence-corrected chi connectivity index (χ4v) is 3.06. The Morgan fingerprint density at radius 1 is 1.48 bits per heavy atom. The number of methoxy groups -OCH3 is 1. The van der Waals surface area contributed by atoms with Crippen LogP contribution in [0.5, 0.6) is 0 Å². The monoisotopic (exact) mass is 331 g/mol. The summed E-state index contributed by atoms with van der Waals surface area (Å²) in [6.45, 7) is -0.721. The van der Waals surface area contributed by atoms with Crippen molar-refractivity contribution in [3.63, 3.8) is 0 Å². The Hall–Kier alpha value is -1.59. The number of hydrogen-bond acceptors (Lipinski definition) is 5. The normalized spacial score (nSPS) is 10.9. The summed E-state index contributed by atoms with van der Waals surface area (Å²) < 4.78 is 29.8. The second-order valence-corrected chi connectivity index (χ2v) is 6.36. The predicted octanol–water partition coefficient (Wildman–Crippen LogP) is 0.477. The van der Waals surface area contributed by atoms with E-state index in [0.717, 1.165) is 4.31 Å². The third-order valence-electron chi connectivity index (χ3n) is 2.51. The predicted molar refractivity (Wildman–Crippen MR) is 77.2 cm³/mol. The van der Waals surface area contributed by atoms with Gasteiger partial charge in [0.15, 0.2) is 0 Å². The number of hydrogen-bond donors (Lipinski definition) is 1. The topological polar surface area (TPSA) is 83.9 Å². The number of ether oxygens (including phenoxy) is 1. The highest BCUT2D eigenvalue weighted by molar-refractivity contribution is 7.89. The lowest BCUT2D eigenvalue weighted by atomic mass is 10.2. The van der Waals surface area contributed by atoms with E-state index in [1.54, 1.807) is 0 Å². The Balaban J connectivity index is 3.12. The van der Waals surface area contributed by atoms with Gasteiger partial charge in [-0.3, -0.25) is 4.79 Å². The smallest absolute Gasteiger partial charge is 0.321 e. The van der Waals surface area contributed by atoms with Crippen molar-refractivity contribution in [2.45, 2.75) is 4.90 Å². The highest BCUT2D eigenvalue weighted by Crippen LogP contribution is 2.25. The maximum Gasteiger partial charge on any atom is 0.321 e. The molecule has 114 valence electrons. The van der Waals surface area contributed by atoms with Gasteiger partial charge in [-0.25, -0.2) is 8.42 Å². The Morgan fingerprint density at radius 2 is 2.14 bits per heavy atom. The second kappa shape index (κ2) is 7.43. The molecule has 0 heterocycles. The minimum absolute atomic E-state index is 0.0172. The average molecular weight is 332 g/mol. The summed E-state index contributed by atoms with van der Waals surface area (Å²) in [6, 6.07) is 4.14. The minimum atomic E-state index is -3.91. The van der Waals surface area contributed by atoms with Crippen molar-refractivity contribution >= 4 is 27.6 Å². The molecular weight excluding hydrogens is 318 g/mol. The Morgan fingerprint density at radius 3 is 2.67 bits per heavy atom. The molecule has 0 aromatic heterocycles. The highest BCUT2D eigenvalue weighted by Gasteiger charge is 2.25. The Kier molecular flexibility index (Phi) is 6.18. The van der Waals surface area contributed by atoms with Crippen molar-refractivity contribution in [3.05, 3.63) is 28.8 Å². The van der Waals surface area contributed by atoms with E-state index in [0.29, 0.717) is 5.56 Å². The second-order valence-electron chi connectivity index (χ2n) is 3.94. The number of benzene rings is 1. The standard InChI is InChI=1S/C13H14ClNO5S/c1-15(9-13(17)20-2)21(18,19)12-6-5-10(4-3-7-16)8-11(12)14/h5-6,8,16H,7,9H2,1-2H3. The summed E-state index contributed by atoms with van der Waals surface area (Å²) in [6.07, 6.45) is 0. The van der Waals surface area contributed by atoms with Crippen molar-refractivity contribution in [3.8, 4) is 11.8 Å². The molecule has 0 unspecified atom stereocenters. The van der Waals surface area contributed by atoms with Gasteiger partial charge >= 0.3 is 5.97 Å². The van der Waals surface area contributed by atoms with Crippen molar-refractivity contribution in [2.75, 3.05) is 27.3 Å². The molecule has 0 aliphatic carbocycles. The van der Waals surface area contributed by atoms with E-state index in [9.17, 15) is 13.2 Å². The summed E-state index contributed by atoms with van der Waals surface area (Å²) in [5, 5.41) is 8.59. The molecule has 1 rings (SSSR count). The third kappa shape index (κ3) is 4.44. The summed E-state index contributed by atoms with van der Waals surface area (Å²) in [5.41, 5.74) is 0.476. The van der Waals surface area contributed by atoms with E-state index in [-0.39, 0.29) is 16.5 Å². The lowest BCUT2D eigenvalue weighted by Gasteiger charge is -2.16. The average Bonchev–Trinajstić information content (AvgIpc) is 2.44. The number of carbonyl (C=O) groups excluding carboxylic acids is 1.